The highest BCUT2D eigenvalue weighted by Crippen LogP contribution is 2.25. The lowest BCUT2D eigenvalue weighted by Crippen LogP contribution is -2.31. The van der Waals surface area contributed by atoms with Crippen molar-refractivity contribution in [1.82, 2.24) is 9.62 Å². The van der Waals surface area contributed by atoms with Crippen LogP contribution in [0.4, 0.5) is 8.78 Å². The van der Waals surface area contributed by atoms with E-state index in [4.69, 9.17) is 0 Å². The Kier molecular flexibility index (Phi) is 6.00. The molecule has 0 saturated heterocycles. The molecule has 8 nitrogen and oxygen atoms in total. The Bertz CT molecular complexity index is 880. The monoisotopic (exact) mass is 403 g/mol. The van der Waals surface area contributed by atoms with Gasteiger partial charge in [0.15, 0.2) is 0 Å². The predicted octanol–water partition coefficient (Wildman–Crippen LogP) is 1.18. The Morgan fingerprint density at radius 3 is 2.31 bits per heavy atom. The fourth-order valence-electron chi connectivity index (χ4n) is 1.91. The van der Waals surface area contributed by atoms with Crippen LogP contribution < -0.4 is 4.72 Å². The third kappa shape index (κ3) is 4.03. The molecular weight excluding hydrogens is 392 g/mol. The molecule has 0 aliphatic carbocycles. The van der Waals surface area contributed by atoms with Crippen LogP contribution >= 0.6 is 11.8 Å². The van der Waals surface area contributed by atoms with Gasteiger partial charge in [-0.2, -0.15) is 13.5 Å². The second-order valence-electron chi connectivity index (χ2n) is 4.74. The van der Waals surface area contributed by atoms with Crippen molar-refractivity contribution in [1.29, 1.82) is 0 Å². The first-order valence-corrected chi connectivity index (χ1v) is 9.38. The first kappa shape index (κ1) is 19.9. The van der Waals surface area contributed by atoms with Crippen LogP contribution in [0.3, 0.4) is 0 Å². The number of alkyl halides is 2. The molecule has 1 aliphatic heterocycles. The fraction of sp³-hybridized carbons (Fsp3) is 0.143. The molecular formula is C14H11F2N3O5S2. The van der Waals surface area contributed by atoms with E-state index in [9.17, 15) is 31.6 Å². The van der Waals surface area contributed by atoms with E-state index < -0.39 is 45.1 Å². The fourth-order valence-corrected chi connectivity index (χ4v) is 3.21. The number of benzene rings is 1. The Balaban J connectivity index is 1.96. The van der Waals surface area contributed by atoms with Gasteiger partial charge in [0, 0.05) is 0 Å². The molecule has 0 spiro atoms. The summed E-state index contributed by atoms with van der Waals surface area (Å²) < 4.78 is 47.4. The van der Waals surface area contributed by atoms with Gasteiger partial charge < -0.3 is 0 Å². The van der Waals surface area contributed by atoms with Crippen LogP contribution in [0, 0.1) is 0 Å². The van der Waals surface area contributed by atoms with Crippen molar-refractivity contribution in [2.45, 2.75) is 5.76 Å². The average Bonchev–Trinajstić information content (AvgIpc) is 2.85. The van der Waals surface area contributed by atoms with Gasteiger partial charge in [-0.3, -0.25) is 14.4 Å². The van der Waals surface area contributed by atoms with Crippen molar-refractivity contribution >= 4 is 45.1 Å². The summed E-state index contributed by atoms with van der Waals surface area (Å²) in [7, 11) is -4.74. The van der Waals surface area contributed by atoms with E-state index in [1.54, 1.807) is 16.9 Å². The highest BCUT2D eigenvalue weighted by molar-refractivity contribution is 8.12. The van der Waals surface area contributed by atoms with E-state index in [1.165, 1.54) is 12.1 Å². The van der Waals surface area contributed by atoms with Crippen molar-refractivity contribution in [3.63, 3.8) is 0 Å². The van der Waals surface area contributed by atoms with Crippen LogP contribution in [0.15, 0.2) is 41.5 Å². The number of nitrogens with zero attached hydrogens (tertiary/aromatic N) is 2. The van der Waals surface area contributed by atoms with E-state index in [-0.39, 0.29) is 11.1 Å². The molecule has 1 N–H and O–H groups in total. The number of thioether (sulfide) groups is 1. The Morgan fingerprint density at radius 1 is 1.27 bits per heavy atom. The van der Waals surface area contributed by atoms with Gasteiger partial charge in [0.1, 0.15) is 5.70 Å². The lowest BCUT2D eigenvalue weighted by molar-refractivity contribution is -0.115. The Hall–Kier alpha value is -2.44. The first-order valence-electron chi connectivity index (χ1n) is 6.78. The zero-order valence-corrected chi connectivity index (χ0v) is 14.5. The maximum Gasteiger partial charge on any atom is 0.350 e. The lowest BCUT2D eigenvalue weighted by Gasteiger charge is -2.13. The number of hydrogen-bond acceptors (Lipinski definition) is 6. The van der Waals surface area contributed by atoms with Crippen LogP contribution in [0.5, 0.6) is 0 Å². The number of amides is 3. The van der Waals surface area contributed by atoms with E-state index in [0.29, 0.717) is 16.7 Å². The topological polar surface area (TPSA) is 113 Å². The summed E-state index contributed by atoms with van der Waals surface area (Å²) in [6.45, 7) is 3.38. The standard InChI is InChI=1S/C14H11F2N3O5S2/c1-8(11(20)17-6-25-7-18-26(23,24)14(15)16)19-12(21)9-4-2-3-5-10(9)13(19)22/h2-6,14,18H,1,7H2/b17-6-. The average molecular weight is 403 g/mol. The van der Waals surface area contributed by atoms with Gasteiger partial charge in [0.25, 0.3) is 27.7 Å². The van der Waals surface area contributed by atoms with Crippen molar-refractivity contribution < 1.29 is 31.6 Å². The van der Waals surface area contributed by atoms with Gasteiger partial charge in [0.2, 0.25) is 0 Å². The van der Waals surface area contributed by atoms with Crippen molar-refractivity contribution in [3.05, 3.63) is 47.7 Å². The van der Waals surface area contributed by atoms with Crippen LogP contribution in [-0.2, 0) is 14.8 Å². The molecule has 3 amide bonds. The molecule has 1 aliphatic rings. The first-order chi connectivity index (χ1) is 12.2. The van der Waals surface area contributed by atoms with Crippen LogP contribution in [-0.4, -0.2) is 48.2 Å². The van der Waals surface area contributed by atoms with Gasteiger partial charge in [-0.05, 0) is 12.1 Å². The maximum absolute atomic E-state index is 12.2. The minimum atomic E-state index is -4.74. The van der Waals surface area contributed by atoms with Crippen molar-refractivity contribution in [3.8, 4) is 0 Å². The van der Waals surface area contributed by atoms with Gasteiger partial charge in [-0.25, -0.2) is 18.3 Å². The molecule has 138 valence electrons. The number of carbonyl (C=O) groups is 3. The van der Waals surface area contributed by atoms with Crippen LogP contribution in [0.1, 0.15) is 20.7 Å². The smallest absolute Gasteiger partial charge is 0.268 e. The summed E-state index contributed by atoms with van der Waals surface area (Å²) >= 11 is 0.609. The summed E-state index contributed by atoms with van der Waals surface area (Å²) in [6, 6.07) is 5.99. The quantitative estimate of drug-likeness (QED) is 0.183. The molecule has 0 unspecified atom stereocenters. The molecule has 0 bridgehead atoms. The molecule has 1 aromatic carbocycles. The number of aliphatic imine (C=N–C) groups is 1. The van der Waals surface area contributed by atoms with Gasteiger partial charge in [0.05, 0.1) is 22.6 Å². The summed E-state index contributed by atoms with van der Waals surface area (Å²) in [5.74, 6) is -6.49. The number of hydrogen-bond donors (Lipinski definition) is 1. The molecule has 0 fully saturated rings. The van der Waals surface area contributed by atoms with Gasteiger partial charge >= 0.3 is 5.76 Å². The molecule has 0 atom stereocenters. The highest BCUT2D eigenvalue weighted by Gasteiger charge is 2.38. The summed E-state index contributed by atoms with van der Waals surface area (Å²) in [5, 5.41) is 0. The molecule has 0 saturated carbocycles. The number of sulfonamides is 1. The number of imide groups is 1. The minimum absolute atomic E-state index is 0.131. The molecule has 1 aromatic rings. The van der Waals surface area contributed by atoms with E-state index in [1.807, 2.05) is 0 Å². The number of rotatable bonds is 7. The number of fused-ring (bicyclic) bond motifs is 1. The summed E-state index contributed by atoms with van der Waals surface area (Å²) in [4.78, 5) is 40.3. The SMILES string of the molecule is C=C(C(=O)/N=C\SCNS(=O)(=O)C(F)F)N1C(=O)c2ccccc2C1=O. The summed E-state index contributed by atoms with van der Waals surface area (Å²) in [6.07, 6.45) is 0. The largest absolute Gasteiger partial charge is 0.350 e. The Morgan fingerprint density at radius 2 is 1.81 bits per heavy atom. The van der Waals surface area contributed by atoms with Crippen LogP contribution in [0.25, 0.3) is 0 Å². The normalized spacial score (nSPS) is 14.3. The molecule has 12 heteroatoms. The maximum atomic E-state index is 12.2. The number of halogens is 2. The van der Waals surface area contributed by atoms with E-state index >= 15 is 0 Å². The third-order valence-corrected chi connectivity index (χ3v) is 4.90. The van der Waals surface area contributed by atoms with E-state index in [0.717, 1.165) is 5.55 Å². The molecule has 2 rings (SSSR count). The van der Waals surface area contributed by atoms with E-state index in [2.05, 4.69) is 11.6 Å². The zero-order chi connectivity index (χ0) is 19.5. The molecule has 0 radical (unpaired) electrons. The number of nitrogens with one attached hydrogen (secondary N) is 1. The summed E-state index contributed by atoms with van der Waals surface area (Å²) in [5.41, 5.74) is 0.665. The lowest BCUT2D eigenvalue weighted by atomic mass is 10.1. The van der Waals surface area contributed by atoms with Gasteiger partial charge in [-0.15, -0.1) is 0 Å². The van der Waals surface area contributed by atoms with Crippen LogP contribution in [0.2, 0.25) is 0 Å². The predicted molar refractivity (Wildman–Crippen MR) is 90.1 cm³/mol. The molecule has 26 heavy (non-hydrogen) atoms. The van der Waals surface area contributed by atoms with Gasteiger partial charge in [-0.1, -0.05) is 30.5 Å². The molecule has 1 heterocycles. The third-order valence-electron chi connectivity index (χ3n) is 3.13. The minimum Gasteiger partial charge on any atom is -0.268 e. The highest BCUT2D eigenvalue weighted by atomic mass is 32.2. The second-order valence-corrected chi connectivity index (χ2v) is 7.31. The van der Waals surface area contributed by atoms with Crippen molar-refractivity contribution in [2.75, 3.05) is 5.88 Å². The number of carbonyl (C=O) groups excluding carboxylic acids is 3. The van der Waals surface area contributed by atoms with Crippen molar-refractivity contribution in [2.24, 2.45) is 4.99 Å². The molecule has 0 aromatic heterocycles. The zero-order valence-electron chi connectivity index (χ0n) is 12.9. The second kappa shape index (κ2) is 7.85. The Labute approximate surface area is 151 Å².